The van der Waals surface area contributed by atoms with Crippen LogP contribution in [0.4, 0.5) is 14.2 Å². The van der Waals surface area contributed by atoms with E-state index in [1.54, 1.807) is 19.1 Å². The molecular formula is C18H22FN5O4S. The molecule has 156 valence electrons. The standard InChI is InChI=1S/C18H22FN5O4S/c1-10-2-3-11(13(19)6-10)9-28-16-14(15(20)25)17(29-24-16)23-18(26)22-8-12-7-21-4-5-27-12/h2-3,6,12,21H,4-5,7-9H2,1H3,(H2,20,25)(H2,22,23,26). The van der Waals surface area contributed by atoms with Crippen LogP contribution >= 0.6 is 11.5 Å². The Morgan fingerprint density at radius 3 is 3.00 bits per heavy atom. The number of hydrogen-bond acceptors (Lipinski definition) is 7. The first-order valence-corrected chi connectivity index (χ1v) is 9.76. The molecule has 1 aromatic carbocycles. The molecule has 1 saturated heterocycles. The monoisotopic (exact) mass is 423 g/mol. The highest BCUT2D eigenvalue weighted by molar-refractivity contribution is 7.11. The number of aromatic nitrogens is 1. The van der Waals surface area contributed by atoms with Crippen molar-refractivity contribution in [1.29, 1.82) is 0 Å². The zero-order chi connectivity index (χ0) is 20.8. The molecule has 29 heavy (non-hydrogen) atoms. The van der Waals surface area contributed by atoms with Crippen molar-refractivity contribution in [2.24, 2.45) is 5.73 Å². The third kappa shape index (κ3) is 5.62. The second kappa shape index (κ2) is 9.63. The number of benzene rings is 1. The van der Waals surface area contributed by atoms with Gasteiger partial charge in [-0.3, -0.25) is 10.1 Å². The van der Waals surface area contributed by atoms with E-state index < -0.39 is 17.8 Å². The van der Waals surface area contributed by atoms with Gasteiger partial charge in [-0.2, -0.15) is 4.37 Å². The molecule has 0 bridgehead atoms. The summed E-state index contributed by atoms with van der Waals surface area (Å²) < 4.78 is 29.0. The summed E-state index contributed by atoms with van der Waals surface area (Å²) in [5.41, 5.74) is 6.45. The fraction of sp³-hybridized carbons (Fsp3) is 0.389. The average molecular weight is 423 g/mol. The van der Waals surface area contributed by atoms with Crippen LogP contribution in [0.25, 0.3) is 0 Å². The van der Waals surface area contributed by atoms with Crippen LogP contribution in [0.5, 0.6) is 5.88 Å². The van der Waals surface area contributed by atoms with Gasteiger partial charge in [0.15, 0.2) is 0 Å². The molecule has 1 unspecified atom stereocenters. The normalized spacial score (nSPS) is 16.3. The van der Waals surface area contributed by atoms with Crippen LogP contribution in [0.15, 0.2) is 18.2 Å². The van der Waals surface area contributed by atoms with E-state index in [0.29, 0.717) is 25.3 Å². The van der Waals surface area contributed by atoms with Gasteiger partial charge in [0.25, 0.3) is 5.91 Å². The Balaban J connectivity index is 1.61. The lowest BCUT2D eigenvalue weighted by Crippen LogP contribution is -2.46. The van der Waals surface area contributed by atoms with Crippen molar-refractivity contribution in [3.63, 3.8) is 0 Å². The summed E-state index contributed by atoms with van der Waals surface area (Å²) in [5, 5.41) is 8.52. The molecule has 5 N–H and O–H groups in total. The number of ether oxygens (including phenoxy) is 2. The summed E-state index contributed by atoms with van der Waals surface area (Å²) in [6, 6.07) is 4.20. The molecule has 1 fully saturated rings. The van der Waals surface area contributed by atoms with Crippen LogP contribution in [0.2, 0.25) is 0 Å². The summed E-state index contributed by atoms with van der Waals surface area (Å²) in [6.45, 7) is 3.95. The fourth-order valence-corrected chi connectivity index (χ4v) is 3.43. The molecule has 0 aliphatic carbocycles. The second-order valence-corrected chi connectivity index (χ2v) is 7.24. The molecule has 0 saturated carbocycles. The number of primary amides is 1. The predicted molar refractivity (Wildman–Crippen MR) is 106 cm³/mol. The van der Waals surface area contributed by atoms with Gasteiger partial charge in [0.05, 0.1) is 12.7 Å². The zero-order valence-corrected chi connectivity index (χ0v) is 16.6. The van der Waals surface area contributed by atoms with Crippen LogP contribution in [0.3, 0.4) is 0 Å². The lowest BCUT2D eigenvalue weighted by molar-refractivity contribution is 0.0310. The number of nitrogens with two attached hydrogens (primary N) is 1. The Morgan fingerprint density at radius 2 is 2.31 bits per heavy atom. The van der Waals surface area contributed by atoms with E-state index in [-0.39, 0.29) is 29.2 Å². The maximum absolute atomic E-state index is 14.0. The van der Waals surface area contributed by atoms with Crippen LogP contribution in [0.1, 0.15) is 21.5 Å². The number of carbonyl (C=O) groups is 2. The molecule has 1 aromatic heterocycles. The first-order chi connectivity index (χ1) is 13.9. The van der Waals surface area contributed by atoms with E-state index in [2.05, 4.69) is 20.3 Å². The predicted octanol–water partition coefficient (Wildman–Crippen LogP) is 1.38. The first kappa shape index (κ1) is 21.0. The lowest BCUT2D eigenvalue weighted by atomic mass is 10.1. The van der Waals surface area contributed by atoms with Gasteiger partial charge in [-0.1, -0.05) is 12.1 Å². The van der Waals surface area contributed by atoms with Crippen molar-refractivity contribution < 1.29 is 23.5 Å². The van der Waals surface area contributed by atoms with E-state index in [4.69, 9.17) is 15.2 Å². The van der Waals surface area contributed by atoms with E-state index in [1.807, 2.05) is 0 Å². The molecule has 0 radical (unpaired) electrons. The number of anilines is 1. The number of hydrogen-bond donors (Lipinski definition) is 4. The summed E-state index contributed by atoms with van der Waals surface area (Å²) in [7, 11) is 0. The molecule has 1 aliphatic rings. The molecular weight excluding hydrogens is 401 g/mol. The number of aryl methyl sites for hydroxylation is 1. The highest BCUT2D eigenvalue weighted by Crippen LogP contribution is 2.30. The quantitative estimate of drug-likeness (QED) is 0.533. The van der Waals surface area contributed by atoms with Gasteiger partial charge < -0.3 is 25.8 Å². The number of amides is 3. The second-order valence-electron chi connectivity index (χ2n) is 6.47. The zero-order valence-electron chi connectivity index (χ0n) is 15.8. The highest BCUT2D eigenvalue weighted by atomic mass is 32.1. The molecule has 2 aromatic rings. The Labute approximate surface area is 170 Å². The topological polar surface area (TPSA) is 128 Å². The largest absolute Gasteiger partial charge is 0.471 e. The van der Waals surface area contributed by atoms with Gasteiger partial charge in [0, 0.05) is 25.2 Å². The molecule has 9 nitrogen and oxygen atoms in total. The third-order valence-electron chi connectivity index (χ3n) is 4.20. The molecule has 3 rings (SSSR count). The smallest absolute Gasteiger partial charge is 0.320 e. The van der Waals surface area contributed by atoms with Gasteiger partial charge in [-0.15, -0.1) is 0 Å². The number of carbonyl (C=O) groups excluding carboxylic acids is 2. The van der Waals surface area contributed by atoms with E-state index >= 15 is 0 Å². The third-order valence-corrected chi connectivity index (χ3v) is 4.95. The summed E-state index contributed by atoms with van der Waals surface area (Å²) in [6.07, 6.45) is -0.130. The number of urea groups is 1. The van der Waals surface area contributed by atoms with Crippen molar-refractivity contribution in [1.82, 2.24) is 15.0 Å². The first-order valence-electron chi connectivity index (χ1n) is 8.98. The number of nitrogens with one attached hydrogen (secondary N) is 3. The van der Waals surface area contributed by atoms with Gasteiger partial charge in [-0.05, 0) is 30.1 Å². The van der Waals surface area contributed by atoms with Crippen molar-refractivity contribution in [2.45, 2.75) is 19.6 Å². The van der Waals surface area contributed by atoms with E-state index in [0.717, 1.165) is 23.6 Å². The average Bonchev–Trinajstić information content (AvgIpc) is 3.09. The van der Waals surface area contributed by atoms with E-state index in [9.17, 15) is 14.0 Å². The maximum Gasteiger partial charge on any atom is 0.320 e. The number of rotatable bonds is 7. The van der Waals surface area contributed by atoms with Crippen molar-refractivity contribution >= 4 is 28.5 Å². The number of halogens is 1. The van der Waals surface area contributed by atoms with Gasteiger partial charge in [0.1, 0.15) is 23.0 Å². The van der Waals surface area contributed by atoms with Crippen molar-refractivity contribution in [3.8, 4) is 5.88 Å². The summed E-state index contributed by atoms with van der Waals surface area (Å²) in [4.78, 5) is 24.0. The summed E-state index contributed by atoms with van der Waals surface area (Å²) in [5.74, 6) is -1.29. The van der Waals surface area contributed by atoms with Crippen LogP contribution in [-0.4, -0.2) is 48.7 Å². The van der Waals surface area contributed by atoms with Crippen LogP contribution < -0.4 is 26.4 Å². The Kier molecular flexibility index (Phi) is 6.96. The number of nitrogens with zero attached hydrogens (tertiary/aromatic N) is 1. The maximum atomic E-state index is 14.0. The minimum atomic E-state index is -0.812. The van der Waals surface area contributed by atoms with Crippen molar-refractivity contribution in [2.75, 3.05) is 31.6 Å². The SMILES string of the molecule is Cc1ccc(COc2nsc(NC(=O)NCC3CNCCO3)c2C(N)=O)c(F)c1. The van der Waals surface area contributed by atoms with Gasteiger partial charge >= 0.3 is 6.03 Å². The van der Waals surface area contributed by atoms with Crippen LogP contribution in [0, 0.1) is 12.7 Å². The Bertz CT molecular complexity index is 885. The van der Waals surface area contributed by atoms with Gasteiger partial charge in [0.2, 0.25) is 5.88 Å². The van der Waals surface area contributed by atoms with Crippen molar-refractivity contribution in [3.05, 3.63) is 40.7 Å². The summed E-state index contributed by atoms with van der Waals surface area (Å²) >= 11 is 0.851. The highest BCUT2D eigenvalue weighted by Gasteiger charge is 2.23. The minimum Gasteiger partial charge on any atom is -0.471 e. The van der Waals surface area contributed by atoms with E-state index in [1.165, 1.54) is 6.07 Å². The minimum absolute atomic E-state index is 0.0578. The lowest BCUT2D eigenvalue weighted by Gasteiger charge is -2.23. The molecule has 11 heteroatoms. The fourth-order valence-electron chi connectivity index (χ4n) is 2.70. The molecule has 1 aliphatic heterocycles. The number of morpholine rings is 1. The molecule has 0 spiro atoms. The molecule has 2 heterocycles. The molecule has 1 atom stereocenters. The Morgan fingerprint density at radius 1 is 1.48 bits per heavy atom. The van der Waals surface area contributed by atoms with Gasteiger partial charge in [-0.25, -0.2) is 9.18 Å². The molecule has 3 amide bonds. The Hall–Kier alpha value is -2.76. The van der Waals surface area contributed by atoms with Crippen LogP contribution in [-0.2, 0) is 11.3 Å².